The Kier molecular flexibility index (Phi) is 5.88. The molecule has 2 fully saturated rings. The SMILES string of the molecule is CCOC(=O)[C@H]1CCC[NH+](CN2C(=O)N[C@](C)(c3cccc(OC)c3)C2=O)C1. The van der Waals surface area contributed by atoms with Crippen LogP contribution in [0, 0.1) is 5.92 Å². The Labute approximate surface area is 164 Å². The van der Waals surface area contributed by atoms with Crippen LogP contribution in [0.5, 0.6) is 5.75 Å². The normalized spacial score (nSPS) is 27.5. The molecule has 2 aliphatic heterocycles. The number of methoxy groups -OCH3 is 1. The smallest absolute Gasteiger partial charge is 0.329 e. The van der Waals surface area contributed by atoms with E-state index in [9.17, 15) is 14.4 Å². The van der Waals surface area contributed by atoms with Gasteiger partial charge in [-0.3, -0.25) is 9.59 Å². The van der Waals surface area contributed by atoms with Gasteiger partial charge in [0.05, 0.1) is 26.8 Å². The van der Waals surface area contributed by atoms with Gasteiger partial charge in [0.25, 0.3) is 5.91 Å². The molecule has 152 valence electrons. The fourth-order valence-electron chi connectivity index (χ4n) is 3.95. The Hall–Kier alpha value is -2.61. The molecule has 28 heavy (non-hydrogen) atoms. The second-order valence-electron chi connectivity index (χ2n) is 7.47. The van der Waals surface area contributed by atoms with Crippen LogP contribution in [0.2, 0.25) is 0 Å². The van der Waals surface area contributed by atoms with Crippen molar-refractivity contribution in [3.05, 3.63) is 29.8 Å². The van der Waals surface area contributed by atoms with Crippen LogP contribution in [0.4, 0.5) is 4.79 Å². The first-order valence-corrected chi connectivity index (χ1v) is 9.68. The maximum Gasteiger partial charge on any atom is 0.329 e. The number of urea groups is 1. The van der Waals surface area contributed by atoms with Crippen molar-refractivity contribution in [2.45, 2.75) is 32.2 Å². The number of quaternary nitrogens is 1. The molecule has 1 aromatic carbocycles. The topological polar surface area (TPSA) is 89.4 Å². The summed E-state index contributed by atoms with van der Waals surface area (Å²) in [6.45, 7) is 5.46. The zero-order valence-corrected chi connectivity index (χ0v) is 16.6. The van der Waals surface area contributed by atoms with E-state index in [4.69, 9.17) is 9.47 Å². The van der Waals surface area contributed by atoms with E-state index in [1.54, 1.807) is 45.2 Å². The summed E-state index contributed by atoms with van der Waals surface area (Å²) >= 11 is 0. The van der Waals surface area contributed by atoms with E-state index < -0.39 is 11.6 Å². The molecule has 0 spiro atoms. The van der Waals surface area contributed by atoms with E-state index in [-0.39, 0.29) is 24.5 Å². The van der Waals surface area contributed by atoms with Crippen molar-refractivity contribution < 1.29 is 28.8 Å². The van der Waals surface area contributed by atoms with Gasteiger partial charge in [-0.15, -0.1) is 0 Å². The lowest BCUT2D eigenvalue weighted by molar-refractivity contribution is -0.914. The zero-order chi connectivity index (χ0) is 20.3. The van der Waals surface area contributed by atoms with Crippen LogP contribution >= 0.6 is 0 Å². The Bertz CT molecular complexity index is 768. The summed E-state index contributed by atoms with van der Waals surface area (Å²) in [6, 6.07) is 6.72. The third-order valence-corrected chi connectivity index (χ3v) is 5.54. The molecular weight excluding hydrogens is 362 g/mol. The lowest BCUT2D eigenvalue weighted by atomic mass is 9.92. The van der Waals surface area contributed by atoms with Gasteiger partial charge in [-0.2, -0.15) is 0 Å². The maximum atomic E-state index is 13.1. The number of likely N-dealkylation sites (tertiary alicyclic amines) is 1. The summed E-state index contributed by atoms with van der Waals surface area (Å²) in [5, 5.41) is 2.82. The van der Waals surface area contributed by atoms with E-state index in [1.807, 2.05) is 0 Å². The Morgan fingerprint density at radius 1 is 1.39 bits per heavy atom. The lowest BCUT2D eigenvalue weighted by Crippen LogP contribution is -3.15. The van der Waals surface area contributed by atoms with E-state index in [0.717, 1.165) is 24.3 Å². The quantitative estimate of drug-likeness (QED) is 0.538. The molecule has 0 saturated carbocycles. The molecule has 2 aliphatic rings. The van der Waals surface area contributed by atoms with Crippen LogP contribution in [0.3, 0.4) is 0 Å². The van der Waals surface area contributed by atoms with Crippen LogP contribution in [-0.2, 0) is 19.9 Å². The highest BCUT2D eigenvalue weighted by atomic mass is 16.5. The number of hydrogen-bond donors (Lipinski definition) is 2. The molecule has 8 nitrogen and oxygen atoms in total. The molecule has 1 aromatic rings. The van der Waals surface area contributed by atoms with Crippen molar-refractivity contribution >= 4 is 17.9 Å². The first-order valence-electron chi connectivity index (χ1n) is 9.68. The molecule has 2 heterocycles. The van der Waals surface area contributed by atoms with Gasteiger partial charge in [0.15, 0.2) is 6.67 Å². The van der Waals surface area contributed by atoms with Gasteiger partial charge in [0.1, 0.15) is 17.2 Å². The number of amides is 3. The number of imide groups is 1. The molecule has 0 aliphatic carbocycles. The highest BCUT2D eigenvalue weighted by molar-refractivity contribution is 6.07. The first-order chi connectivity index (χ1) is 13.4. The minimum atomic E-state index is -1.14. The van der Waals surface area contributed by atoms with Crippen LogP contribution < -0.4 is 15.0 Å². The number of piperidine rings is 1. The standard InChI is InChI=1S/C20H27N3O5/c1-4-28-17(24)14-7-6-10-22(12-14)13-23-18(25)20(2,21-19(23)26)15-8-5-9-16(11-15)27-3/h5,8-9,11,14H,4,6-7,10,12-13H2,1-3H3,(H,21,26)/p+1/t14-,20+/m0/s1. The van der Waals surface area contributed by atoms with Crippen LogP contribution in [0.15, 0.2) is 24.3 Å². The van der Waals surface area contributed by atoms with Crippen LogP contribution in [-0.4, -0.2) is 56.3 Å². The minimum absolute atomic E-state index is 0.186. The number of nitrogens with one attached hydrogen (secondary N) is 2. The second kappa shape index (κ2) is 8.18. The predicted molar refractivity (Wildman–Crippen MR) is 101 cm³/mol. The molecular formula is C20H28N3O5+. The Balaban J connectivity index is 1.72. The van der Waals surface area contributed by atoms with Gasteiger partial charge >= 0.3 is 12.0 Å². The number of rotatable bonds is 6. The van der Waals surface area contributed by atoms with Crippen molar-refractivity contribution in [3.8, 4) is 5.75 Å². The van der Waals surface area contributed by atoms with Crippen molar-refractivity contribution in [1.82, 2.24) is 10.2 Å². The third-order valence-electron chi connectivity index (χ3n) is 5.54. The summed E-state index contributed by atoms with van der Waals surface area (Å²) in [5.74, 6) is -0.0537. The fraction of sp³-hybridized carbons (Fsp3) is 0.550. The maximum absolute atomic E-state index is 13.1. The zero-order valence-electron chi connectivity index (χ0n) is 16.6. The molecule has 0 bridgehead atoms. The third kappa shape index (κ3) is 3.82. The van der Waals surface area contributed by atoms with Gasteiger partial charge in [-0.25, -0.2) is 9.69 Å². The second-order valence-corrected chi connectivity index (χ2v) is 7.47. The minimum Gasteiger partial charge on any atom is -0.497 e. The number of carbonyl (C=O) groups is 3. The molecule has 2 N–H and O–H groups in total. The molecule has 2 saturated heterocycles. The number of ether oxygens (including phenoxy) is 2. The molecule has 3 atom stereocenters. The summed E-state index contributed by atoms with van der Waals surface area (Å²) < 4.78 is 10.4. The van der Waals surface area contributed by atoms with Crippen molar-refractivity contribution in [2.24, 2.45) is 5.92 Å². The molecule has 3 amide bonds. The van der Waals surface area contributed by atoms with E-state index in [0.29, 0.717) is 24.5 Å². The van der Waals surface area contributed by atoms with Gasteiger partial charge in [0.2, 0.25) is 0 Å². The van der Waals surface area contributed by atoms with Gasteiger partial charge in [-0.05, 0) is 44.4 Å². The summed E-state index contributed by atoms with van der Waals surface area (Å²) in [6.07, 6.45) is 1.64. The highest BCUT2D eigenvalue weighted by Gasteiger charge is 2.50. The number of carbonyl (C=O) groups excluding carboxylic acids is 3. The van der Waals surface area contributed by atoms with Gasteiger partial charge in [0, 0.05) is 0 Å². The van der Waals surface area contributed by atoms with Crippen LogP contribution in [0.25, 0.3) is 0 Å². The average molecular weight is 390 g/mol. The predicted octanol–water partition coefficient (Wildman–Crippen LogP) is 0.278. The van der Waals surface area contributed by atoms with E-state index in [1.165, 1.54) is 4.90 Å². The van der Waals surface area contributed by atoms with Crippen molar-refractivity contribution in [3.63, 3.8) is 0 Å². The number of esters is 1. The number of nitrogens with zero attached hydrogens (tertiary/aromatic N) is 1. The highest BCUT2D eigenvalue weighted by Crippen LogP contribution is 2.30. The lowest BCUT2D eigenvalue weighted by Gasteiger charge is -2.30. The average Bonchev–Trinajstić information content (AvgIpc) is 2.92. The van der Waals surface area contributed by atoms with Crippen molar-refractivity contribution in [1.29, 1.82) is 0 Å². The molecule has 1 unspecified atom stereocenters. The van der Waals surface area contributed by atoms with Gasteiger partial charge in [-0.1, -0.05) is 12.1 Å². The summed E-state index contributed by atoms with van der Waals surface area (Å²) in [5.41, 5.74) is -0.466. The Morgan fingerprint density at radius 2 is 2.18 bits per heavy atom. The van der Waals surface area contributed by atoms with E-state index in [2.05, 4.69) is 5.32 Å². The molecule has 0 aromatic heterocycles. The monoisotopic (exact) mass is 390 g/mol. The molecule has 0 radical (unpaired) electrons. The molecule has 3 rings (SSSR count). The fourth-order valence-corrected chi connectivity index (χ4v) is 3.95. The first kappa shape index (κ1) is 20.1. The van der Waals surface area contributed by atoms with Crippen molar-refractivity contribution in [2.75, 3.05) is 33.5 Å². The van der Waals surface area contributed by atoms with Gasteiger partial charge < -0.3 is 19.7 Å². The molecule has 8 heteroatoms. The largest absolute Gasteiger partial charge is 0.497 e. The summed E-state index contributed by atoms with van der Waals surface area (Å²) in [7, 11) is 1.56. The Morgan fingerprint density at radius 3 is 2.89 bits per heavy atom. The van der Waals surface area contributed by atoms with Crippen LogP contribution in [0.1, 0.15) is 32.3 Å². The number of benzene rings is 1. The van der Waals surface area contributed by atoms with E-state index >= 15 is 0 Å². The summed E-state index contributed by atoms with van der Waals surface area (Å²) in [4.78, 5) is 40.0. The number of hydrogen-bond acceptors (Lipinski definition) is 5.